The quantitative estimate of drug-likeness (QED) is 0.620. The van der Waals surface area contributed by atoms with E-state index in [1.54, 1.807) is 12.3 Å². The molecule has 0 spiro atoms. The van der Waals surface area contributed by atoms with Crippen LogP contribution in [0.15, 0.2) is 30.0 Å². The van der Waals surface area contributed by atoms with Gasteiger partial charge in [-0.3, -0.25) is 4.79 Å². The van der Waals surface area contributed by atoms with Crippen LogP contribution in [0, 0.1) is 12.8 Å². The lowest BCUT2D eigenvalue weighted by Crippen LogP contribution is -2.19. The SMILES string of the molecule is Cc1ccc(O)c(N/C=C2/CCC[C@@H](C)C2=O)c1. The van der Waals surface area contributed by atoms with Gasteiger partial charge in [-0.05, 0) is 43.9 Å². The number of carbonyl (C=O) groups is 1. The van der Waals surface area contributed by atoms with Gasteiger partial charge in [-0.1, -0.05) is 13.0 Å². The first-order valence-electron chi connectivity index (χ1n) is 6.37. The molecular weight excluding hydrogens is 226 g/mol. The van der Waals surface area contributed by atoms with E-state index in [2.05, 4.69) is 5.32 Å². The molecule has 0 saturated heterocycles. The van der Waals surface area contributed by atoms with Gasteiger partial charge in [0.25, 0.3) is 0 Å². The molecule has 1 aromatic carbocycles. The summed E-state index contributed by atoms with van der Waals surface area (Å²) in [6.45, 7) is 3.94. The van der Waals surface area contributed by atoms with Crippen molar-refractivity contribution in [2.45, 2.75) is 33.1 Å². The second-order valence-corrected chi connectivity index (χ2v) is 4.99. The maximum absolute atomic E-state index is 11.9. The minimum Gasteiger partial charge on any atom is -0.506 e. The summed E-state index contributed by atoms with van der Waals surface area (Å²) in [6, 6.07) is 5.37. The van der Waals surface area contributed by atoms with Crippen LogP contribution >= 0.6 is 0 Å². The van der Waals surface area contributed by atoms with Crippen molar-refractivity contribution in [1.82, 2.24) is 0 Å². The number of anilines is 1. The number of allylic oxidation sites excluding steroid dienone is 1. The summed E-state index contributed by atoms with van der Waals surface area (Å²) in [6.07, 6.45) is 4.60. The smallest absolute Gasteiger partial charge is 0.163 e. The van der Waals surface area contributed by atoms with Crippen molar-refractivity contribution in [2.75, 3.05) is 5.32 Å². The maximum atomic E-state index is 11.9. The molecule has 0 unspecified atom stereocenters. The first-order valence-corrected chi connectivity index (χ1v) is 6.37. The molecule has 0 amide bonds. The Morgan fingerprint density at radius 3 is 3.00 bits per heavy atom. The first-order chi connectivity index (χ1) is 8.58. The Balaban J connectivity index is 2.14. The van der Waals surface area contributed by atoms with Gasteiger partial charge < -0.3 is 10.4 Å². The number of aryl methyl sites for hydroxylation is 1. The summed E-state index contributed by atoms with van der Waals surface area (Å²) in [5.41, 5.74) is 2.54. The Morgan fingerprint density at radius 1 is 1.44 bits per heavy atom. The molecule has 1 fully saturated rings. The van der Waals surface area contributed by atoms with Gasteiger partial charge in [-0.15, -0.1) is 0 Å². The average molecular weight is 245 g/mol. The first kappa shape index (κ1) is 12.7. The fraction of sp³-hybridized carbons (Fsp3) is 0.400. The Morgan fingerprint density at radius 2 is 2.22 bits per heavy atom. The minimum atomic E-state index is 0.123. The Kier molecular flexibility index (Phi) is 3.70. The van der Waals surface area contributed by atoms with Gasteiger partial charge in [0, 0.05) is 17.7 Å². The van der Waals surface area contributed by atoms with Gasteiger partial charge in [0.05, 0.1) is 5.69 Å². The van der Waals surface area contributed by atoms with Crippen molar-refractivity contribution in [2.24, 2.45) is 5.92 Å². The number of hydrogen-bond donors (Lipinski definition) is 2. The zero-order valence-electron chi connectivity index (χ0n) is 10.9. The molecule has 0 aromatic heterocycles. The summed E-state index contributed by atoms with van der Waals surface area (Å²) < 4.78 is 0. The normalized spacial score (nSPS) is 22.2. The molecule has 18 heavy (non-hydrogen) atoms. The van der Waals surface area contributed by atoms with Gasteiger partial charge in [0.1, 0.15) is 5.75 Å². The second-order valence-electron chi connectivity index (χ2n) is 4.99. The van der Waals surface area contributed by atoms with E-state index in [-0.39, 0.29) is 17.5 Å². The molecule has 96 valence electrons. The number of phenols is 1. The van der Waals surface area contributed by atoms with Crippen molar-refractivity contribution in [3.8, 4) is 5.75 Å². The van der Waals surface area contributed by atoms with E-state index in [4.69, 9.17) is 0 Å². The molecular formula is C15H19NO2. The molecule has 1 atom stereocenters. The maximum Gasteiger partial charge on any atom is 0.163 e. The fourth-order valence-corrected chi connectivity index (χ4v) is 2.24. The van der Waals surface area contributed by atoms with Crippen LogP contribution in [-0.2, 0) is 4.79 Å². The Hall–Kier alpha value is -1.77. The van der Waals surface area contributed by atoms with E-state index >= 15 is 0 Å². The van der Waals surface area contributed by atoms with E-state index in [9.17, 15) is 9.90 Å². The topological polar surface area (TPSA) is 49.3 Å². The molecule has 1 aliphatic rings. The van der Waals surface area contributed by atoms with Crippen LogP contribution in [0.2, 0.25) is 0 Å². The molecule has 0 radical (unpaired) electrons. The van der Waals surface area contributed by atoms with Crippen LogP contribution < -0.4 is 5.32 Å². The van der Waals surface area contributed by atoms with E-state index in [0.717, 1.165) is 30.4 Å². The lowest BCUT2D eigenvalue weighted by Gasteiger charge is -2.19. The highest BCUT2D eigenvalue weighted by molar-refractivity contribution is 5.97. The zero-order valence-corrected chi connectivity index (χ0v) is 10.9. The van der Waals surface area contributed by atoms with Crippen LogP contribution in [0.5, 0.6) is 5.75 Å². The van der Waals surface area contributed by atoms with E-state index in [1.165, 1.54) is 0 Å². The molecule has 3 heteroatoms. The molecule has 2 N–H and O–H groups in total. The molecule has 0 aliphatic heterocycles. The van der Waals surface area contributed by atoms with Crippen LogP contribution in [0.4, 0.5) is 5.69 Å². The van der Waals surface area contributed by atoms with Crippen molar-refractivity contribution < 1.29 is 9.90 Å². The van der Waals surface area contributed by atoms with Crippen molar-refractivity contribution >= 4 is 11.5 Å². The van der Waals surface area contributed by atoms with Gasteiger partial charge >= 0.3 is 0 Å². The molecule has 0 bridgehead atoms. The third-order valence-electron chi connectivity index (χ3n) is 3.40. The number of rotatable bonds is 2. The lowest BCUT2D eigenvalue weighted by atomic mass is 9.86. The van der Waals surface area contributed by atoms with Crippen molar-refractivity contribution in [3.63, 3.8) is 0 Å². The Bertz CT molecular complexity index is 491. The van der Waals surface area contributed by atoms with E-state index < -0.39 is 0 Å². The molecule has 2 rings (SSSR count). The largest absolute Gasteiger partial charge is 0.506 e. The monoisotopic (exact) mass is 245 g/mol. The lowest BCUT2D eigenvalue weighted by molar-refractivity contribution is -0.119. The number of benzene rings is 1. The van der Waals surface area contributed by atoms with Crippen LogP contribution in [0.3, 0.4) is 0 Å². The number of Topliss-reactive ketones (excluding diaryl/α,β-unsaturated/α-hetero) is 1. The number of nitrogens with one attached hydrogen (secondary N) is 1. The molecule has 3 nitrogen and oxygen atoms in total. The van der Waals surface area contributed by atoms with Crippen LogP contribution in [-0.4, -0.2) is 10.9 Å². The predicted octanol–water partition coefficient (Wildman–Crippen LogP) is 3.39. The number of ketones is 1. The number of phenolic OH excluding ortho intramolecular Hbond substituents is 1. The zero-order chi connectivity index (χ0) is 13.1. The average Bonchev–Trinajstić information content (AvgIpc) is 2.35. The Labute approximate surface area is 108 Å². The van der Waals surface area contributed by atoms with Crippen molar-refractivity contribution in [3.05, 3.63) is 35.5 Å². The fourth-order valence-electron chi connectivity index (χ4n) is 2.24. The number of hydrogen-bond acceptors (Lipinski definition) is 3. The molecule has 1 aromatic rings. The number of carbonyl (C=O) groups excluding carboxylic acids is 1. The summed E-state index contributed by atoms with van der Waals surface area (Å²) in [7, 11) is 0. The van der Waals surface area contributed by atoms with E-state index in [1.807, 2.05) is 26.0 Å². The molecule has 0 heterocycles. The highest BCUT2D eigenvalue weighted by Crippen LogP contribution is 2.27. The summed E-state index contributed by atoms with van der Waals surface area (Å²) in [4.78, 5) is 11.9. The standard InChI is InChI=1S/C15H19NO2/c1-10-6-7-14(17)13(8-10)16-9-12-5-3-4-11(2)15(12)18/h6-9,11,16-17H,3-5H2,1-2H3/b12-9-/t11-/m1/s1. The summed E-state index contributed by atoms with van der Waals surface area (Å²) in [5.74, 6) is 0.549. The van der Waals surface area contributed by atoms with Crippen LogP contribution in [0.1, 0.15) is 31.7 Å². The number of aromatic hydroxyl groups is 1. The van der Waals surface area contributed by atoms with Gasteiger partial charge in [0.2, 0.25) is 0 Å². The second kappa shape index (κ2) is 5.25. The highest BCUT2D eigenvalue weighted by Gasteiger charge is 2.22. The summed E-state index contributed by atoms with van der Waals surface area (Å²) in [5, 5.41) is 12.7. The van der Waals surface area contributed by atoms with Crippen molar-refractivity contribution in [1.29, 1.82) is 0 Å². The van der Waals surface area contributed by atoms with Gasteiger partial charge in [0.15, 0.2) is 5.78 Å². The molecule has 1 aliphatic carbocycles. The summed E-state index contributed by atoms with van der Waals surface area (Å²) >= 11 is 0. The minimum absolute atomic E-state index is 0.123. The van der Waals surface area contributed by atoms with E-state index in [0.29, 0.717) is 5.69 Å². The molecule has 1 saturated carbocycles. The third kappa shape index (κ3) is 2.73. The third-order valence-corrected chi connectivity index (χ3v) is 3.40. The highest BCUT2D eigenvalue weighted by atomic mass is 16.3. The van der Waals surface area contributed by atoms with Crippen LogP contribution in [0.25, 0.3) is 0 Å². The van der Waals surface area contributed by atoms with Gasteiger partial charge in [-0.25, -0.2) is 0 Å². The predicted molar refractivity (Wildman–Crippen MR) is 72.6 cm³/mol. The van der Waals surface area contributed by atoms with Gasteiger partial charge in [-0.2, -0.15) is 0 Å².